The predicted octanol–water partition coefficient (Wildman–Crippen LogP) is 4.37. The van der Waals surface area contributed by atoms with Gasteiger partial charge in [-0.15, -0.1) is 0 Å². The zero-order valence-corrected chi connectivity index (χ0v) is 15.7. The maximum absolute atomic E-state index is 12.5. The molecule has 0 fully saturated rings. The van der Waals surface area contributed by atoms with Gasteiger partial charge in [-0.05, 0) is 31.2 Å². The number of carbonyl (C=O) groups excluding carboxylic acids is 1. The molecule has 3 rings (SSSR count). The molecule has 0 bridgehead atoms. The smallest absolute Gasteiger partial charge is 0.237 e. The molecular weight excluding hydrogens is 348 g/mol. The van der Waals surface area contributed by atoms with Crippen molar-refractivity contribution in [3.8, 4) is 11.5 Å². The Morgan fingerprint density at radius 1 is 1.04 bits per heavy atom. The fourth-order valence-corrected chi connectivity index (χ4v) is 3.33. The van der Waals surface area contributed by atoms with E-state index in [-0.39, 0.29) is 11.2 Å². The number of nitrogens with zero attached hydrogens (tertiary/aromatic N) is 1. The number of thioether (sulfide) groups is 1. The van der Waals surface area contributed by atoms with Gasteiger partial charge in [0.05, 0.1) is 30.0 Å². The van der Waals surface area contributed by atoms with Crippen LogP contribution in [0.1, 0.15) is 6.92 Å². The van der Waals surface area contributed by atoms with Crippen LogP contribution in [-0.4, -0.2) is 30.4 Å². The third-order valence-electron chi connectivity index (χ3n) is 3.89. The average molecular weight is 368 g/mol. The minimum Gasteiger partial charge on any atom is -0.493 e. The molecule has 1 aromatic heterocycles. The standard InChI is InChI=1S/C20H20N2O3S/c1-13(26-19-11-8-14-6-4-5-7-16(14)22-19)20(23)21-15-9-10-17(24-2)18(12-15)25-3/h4-13H,1-3H3,(H,21,23). The largest absolute Gasteiger partial charge is 0.493 e. The van der Waals surface area contributed by atoms with Gasteiger partial charge in [0.2, 0.25) is 5.91 Å². The fraction of sp³-hybridized carbons (Fsp3) is 0.200. The lowest BCUT2D eigenvalue weighted by molar-refractivity contribution is -0.115. The molecule has 26 heavy (non-hydrogen) atoms. The number of benzene rings is 2. The van der Waals surface area contributed by atoms with Gasteiger partial charge >= 0.3 is 0 Å². The maximum atomic E-state index is 12.5. The van der Waals surface area contributed by atoms with Gasteiger partial charge in [0, 0.05) is 17.1 Å². The number of hydrogen-bond donors (Lipinski definition) is 1. The molecule has 1 amide bonds. The zero-order chi connectivity index (χ0) is 18.5. The SMILES string of the molecule is COc1ccc(NC(=O)C(C)Sc2ccc3ccccc3n2)cc1OC. The second-order valence-corrected chi connectivity index (χ2v) is 7.02. The van der Waals surface area contributed by atoms with Gasteiger partial charge in [-0.1, -0.05) is 36.0 Å². The molecule has 3 aromatic rings. The number of aromatic nitrogens is 1. The van der Waals surface area contributed by atoms with E-state index in [0.29, 0.717) is 17.2 Å². The van der Waals surface area contributed by atoms with E-state index in [2.05, 4.69) is 10.3 Å². The molecule has 0 spiro atoms. The van der Waals surface area contributed by atoms with Crippen LogP contribution in [0, 0.1) is 0 Å². The first kappa shape index (κ1) is 18.1. The summed E-state index contributed by atoms with van der Waals surface area (Å²) in [6.45, 7) is 1.86. The number of hydrogen-bond acceptors (Lipinski definition) is 5. The van der Waals surface area contributed by atoms with Crippen molar-refractivity contribution in [1.29, 1.82) is 0 Å². The number of amides is 1. The van der Waals surface area contributed by atoms with Crippen LogP contribution in [0.2, 0.25) is 0 Å². The number of fused-ring (bicyclic) bond motifs is 1. The molecule has 5 nitrogen and oxygen atoms in total. The monoisotopic (exact) mass is 368 g/mol. The summed E-state index contributed by atoms with van der Waals surface area (Å²) in [4.78, 5) is 17.1. The van der Waals surface area contributed by atoms with Gasteiger partial charge in [0.1, 0.15) is 0 Å². The number of methoxy groups -OCH3 is 2. The lowest BCUT2D eigenvalue weighted by atomic mass is 10.2. The van der Waals surface area contributed by atoms with E-state index >= 15 is 0 Å². The molecule has 0 saturated heterocycles. The summed E-state index contributed by atoms with van der Waals surface area (Å²) in [6.07, 6.45) is 0. The normalized spacial score (nSPS) is 11.8. The Labute approximate surface area is 156 Å². The first-order valence-corrected chi connectivity index (χ1v) is 9.04. The van der Waals surface area contributed by atoms with Gasteiger partial charge in [-0.2, -0.15) is 0 Å². The quantitative estimate of drug-likeness (QED) is 0.655. The summed E-state index contributed by atoms with van der Waals surface area (Å²) in [6, 6.07) is 17.2. The van der Waals surface area contributed by atoms with Crippen LogP contribution < -0.4 is 14.8 Å². The maximum Gasteiger partial charge on any atom is 0.237 e. The van der Waals surface area contributed by atoms with Crippen molar-refractivity contribution in [3.63, 3.8) is 0 Å². The molecule has 0 radical (unpaired) electrons. The summed E-state index contributed by atoms with van der Waals surface area (Å²) < 4.78 is 10.5. The third kappa shape index (κ3) is 4.08. The van der Waals surface area contributed by atoms with Crippen LogP contribution in [0.15, 0.2) is 59.6 Å². The second-order valence-electron chi connectivity index (χ2n) is 5.66. The molecule has 0 aliphatic carbocycles. The molecule has 1 N–H and O–H groups in total. The fourth-order valence-electron chi connectivity index (χ4n) is 2.51. The summed E-state index contributed by atoms with van der Waals surface area (Å²) in [5, 5.41) is 4.51. The number of para-hydroxylation sites is 1. The Kier molecular flexibility index (Phi) is 5.63. The van der Waals surface area contributed by atoms with Crippen molar-refractivity contribution in [3.05, 3.63) is 54.6 Å². The average Bonchev–Trinajstić information content (AvgIpc) is 2.67. The molecule has 0 saturated carbocycles. The van der Waals surface area contributed by atoms with E-state index in [1.165, 1.54) is 11.8 Å². The van der Waals surface area contributed by atoms with Gasteiger partial charge < -0.3 is 14.8 Å². The number of nitrogens with one attached hydrogen (secondary N) is 1. The first-order valence-electron chi connectivity index (χ1n) is 8.16. The van der Waals surface area contributed by atoms with Gasteiger partial charge in [0.25, 0.3) is 0 Å². The molecular formula is C20H20N2O3S. The number of carbonyl (C=O) groups is 1. The summed E-state index contributed by atoms with van der Waals surface area (Å²) in [5.41, 5.74) is 1.58. The van der Waals surface area contributed by atoms with Crippen LogP contribution in [0.25, 0.3) is 10.9 Å². The van der Waals surface area contributed by atoms with Crippen molar-refractivity contribution in [2.75, 3.05) is 19.5 Å². The second kappa shape index (κ2) is 8.10. The molecule has 1 heterocycles. The number of ether oxygens (including phenoxy) is 2. The van der Waals surface area contributed by atoms with E-state index in [9.17, 15) is 4.79 Å². The Bertz CT molecular complexity index is 930. The molecule has 2 aromatic carbocycles. The highest BCUT2D eigenvalue weighted by Crippen LogP contribution is 2.30. The summed E-state index contributed by atoms with van der Waals surface area (Å²) in [7, 11) is 3.14. The topological polar surface area (TPSA) is 60.5 Å². The van der Waals surface area contributed by atoms with E-state index in [0.717, 1.165) is 15.9 Å². The Hall–Kier alpha value is -2.73. The first-order chi connectivity index (χ1) is 12.6. The van der Waals surface area contributed by atoms with Crippen LogP contribution >= 0.6 is 11.8 Å². The Morgan fingerprint density at radius 3 is 2.58 bits per heavy atom. The van der Waals surface area contributed by atoms with E-state index < -0.39 is 0 Å². The van der Waals surface area contributed by atoms with E-state index in [1.54, 1.807) is 32.4 Å². The number of pyridine rings is 1. The lowest BCUT2D eigenvalue weighted by Gasteiger charge is -2.14. The van der Waals surface area contributed by atoms with Gasteiger partial charge in [0.15, 0.2) is 11.5 Å². The van der Waals surface area contributed by atoms with Crippen LogP contribution in [0.3, 0.4) is 0 Å². The number of anilines is 1. The highest BCUT2D eigenvalue weighted by Gasteiger charge is 2.16. The lowest BCUT2D eigenvalue weighted by Crippen LogP contribution is -2.22. The summed E-state index contributed by atoms with van der Waals surface area (Å²) >= 11 is 1.42. The van der Waals surface area contributed by atoms with Crippen molar-refractivity contribution in [1.82, 2.24) is 4.98 Å². The van der Waals surface area contributed by atoms with Crippen molar-refractivity contribution in [2.24, 2.45) is 0 Å². The minimum absolute atomic E-state index is 0.0998. The van der Waals surface area contributed by atoms with Crippen molar-refractivity contribution >= 4 is 34.3 Å². The Balaban J connectivity index is 1.69. The highest BCUT2D eigenvalue weighted by molar-refractivity contribution is 8.00. The molecule has 1 unspecified atom stereocenters. The molecule has 1 atom stereocenters. The van der Waals surface area contributed by atoms with Crippen molar-refractivity contribution in [2.45, 2.75) is 17.2 Å². The van der Waals surface area contributed by atoms with Crippen LogP contribution in [-0.2, 0) is 4.79 Å². The zero-order valence-electron chi connectivity index (χ0n) is 14.9. The molecule has 0 aliphatic rings. The summed E-state index contributed by atoms with van der Waals surface area (Å²) in [5.74, 6) is 1.09. The minimum atomic E-state index is -0.295. The Morgan fingerprint density at radius 2 is 1.81 bits per heavy atom. The van der Waals surface area contributed by atoms with Gasteiger partial charge in [-0.25, -0.2) is 4.98 Å². The number of rotatable bonds is 6. The molecule has 6 heteroatoms. The molecule has 134 valence electrons. The van der Waals surface area contributed by atoms with Gasteiger partial charge in [-0.3, -0.25) is 4.79 Å². The third-order valence-corrected chi connectivity index (χ3v) is 4.93. The predicted molar refractivity (Wildman–Crippen MR) is 105 cm³/mol. The van der Waals surface area contributed by atoms with E-state index in [4.69, 9.17) is 9.47 Å². The van der Waals surface area contributed by atoms with E-state index in [1.807, 2.05) is 43.3 Å². The molecule has 0 aliphatic heterocycles. The van der Waals surface area contributed by atoms with Crippen LogP contribution in [0.5, 0.6) is 11.5 Å². The van der Waals surface area contributed by atoms with Crippen LogP contribution in [0.4, 0.5) is 5.69 Å². The highest BCUT2D eigenvalue weighted by atomic mass is 32.2. The van der Waals surface area contributed by atoms with Crippen molar-refractivity contribution < 1.29 is 14.3 Å².